The van der Waals surface area contributed by atoms with Crippen LogP contribution in [0.5, 0.6) is 5.75 Å². The summed E-state index contributed by atoms with van der Waals surface area (Å²) in [5.41, 5.74) is 9.67. The molecule has 0 unspecified atom stereocenters. The van der Waals surface area contributed by atoms with Crippen molar-refractivity contribution in [1.82, 2.24) is 9.97 Å². The molecule has 38 heavy (non-hydrogen) atoms. The molecule has 0 radical (unpaired) electrons. The first-order chi connectivity index (χ1) is 18.0. The zero-order valence-corrected chi connectivity index (χ0v) is 22.3. The molecule has 0 atom stereocenters. The summed E-state index contributed by atoms with van der Waals surface area (Å²) in [4.78, 5) is 21.7. The van der Waals surface area contributed by atoms with E-state index in [0.717, 1.165) is 16.7 Å². The molecule has 0 saturated heterocycles. The molecule has 4 aromatic rings. The predicted octanol–water partition coefficient (Wildman–Crippen LogP) is 4.70. The number of nitrogens with two attached hydrogens (primary N) is 1. The summed E-state index contributed by atoms with van der Waals surface area (Å²) >= 11 is 5.87. The number of halogens is 1. The van der Waals surface area contributed by atoms with Crippen LogP contribution in [0.2, 0.25) is 5.02 Å². The molecule has 0 aliphatic rings. The van der Waals surface area contributed by atoms with Gasteiger partial charge in [0.05, 0.1) is 16.2 Å². The van der Waals surface area contributed by atoms with E-state index < -0.39 is 15.7 Å². The number of rotatable bonds is 8. The fourth-order valence-electron chi connectivity index (χ4n) is 3.87. The van der Waals surface area contributed by atoms with Crippen LogP contribution < -0.4 is 16.4 Å². The van der Waals surface area contributed by atoms with Crippen LogP contribution in [0.25, 0.3) is 11.3 Å². The first-order valence-corrected chi connectivity index (χ1v) is 13.9. The van der Waals surface area contributed by atoms with Gasteiger partial charge in [-0.15, -0.1) is 0 Å². The van der Waals surface area contributed by atoms with Gasteiger partial charge in [-0.2, -0.15) is 4.98 Å². The smallest absolute Gasteiger partial charge is 0.259 e. The number of nitrogens with zero attached hydrogens (tertiary/aromatic N) is 2. The van der Waals surface area contributed by atoms with Crippen LogP contribution in [0.15, 0.2) is 71.6 Å². The number of nitrogens with one attached hydrogen (secondary N) is 2. The Bertz CT molecular complexity index is 1610. The van der Waals surface area contributed by atoms with Gasteiger partial charge in [0.2, 0.25) is 5.95 Å². The number of carbonyl (C=O) groups is 1. The summed E-state index contributed by atoms with van der Waals surface area (Å²) in [5, 5.41) is 16.5. The second kappa shape index (κ2) is 11.1. The van der Waals surface area contributed by atoms with Gasteiger partial charge in [-0.25, -0.2) is 13.4 Å². The molecule has 3 aromatic carbocycles. The van der Waals surface area contributed by atoms with E-state index in [1.165, 1.54) is 24.5 Å². The number of carbonyl (C=O) groups excluding carboxylic acids is 1. The third-order valence-corrected chi connectivity index (χ3v) is 7.24. The zero-order valence-electron chi connectivity index (χ0n) is 20.7. The zero-order chi connectivity index (χ0) is 27.4. The molecule has 0 fully saturated rings. The lowest BCUT2D eigenvalue weighted by Crippen LogP contribution is -2.13. The molecule has 1 aromatic heterocycles. The highest BCUT2D eigenvalue weighted by Gasteiger charge is 2.15. The van der Waals surface area contributed by atoms with Crippen molar-refractivity contribution in [1.29, 1.82) is 0 Å². The number of sulfone groups is 1. The highest BCUT2D eigenvalue weighted by molar-refractivity contribution is 7.90. The standard InChI is InChI=1S/C27H26ClN5O4S/c1-16-20(4-3-5-22(16)31-26(35)21-11-8-18(28)14-24(21)34)23-15-25(33-27(29)32-23)30-13-12-17-6-9-19(10-7-17)38(2,36)37/h3-11,14-15,34H,12-13H2,1-2H3,(H,31,35)(H3,29,30,32,33). The predicted molar refractivity (Wildman–Crippen MR) is 149 cm³/mol. The normalized spacial score (nSPS) is 11.2. The van der Waals surface area contributed by atoms with Gasteiger partial charge in [-0.3, -0.25) is 4.79 Å². The third-order valence-electron chi connectivity index (χ3n) is 5.88. The molecule has 0 saturated carbocycles. The fraction of sp³-hybridized carbons (Fsp3) is 0.148. The number of amides is 1. The molecule has 4 rings (SSSR count). The molecule has 0 aliphatic carbocycles. The van der Waals surface area contributed by atoms with E-state index in [-0.39, 0.29) is 22.2 Å². The van der Waals surface area contributed by atoms with Crippen molar-refractivity contribution in [2.75, 3.05) is 29.2 Å². The van der Waals surface area contributed by atoms with Gasteiger partial charge in [-0.1, -0.05) is 35.9 Å². The monoisotopic (exact) mass is 551 g/mol. The molecule has 0 spiro atoms. The van der Waals surface area contributed by atoms with Gasteiger partial charge in [0.25, 0.3) is 5.91 Å². The van der Waals surface area contributed by atoms with Gasteiger partial charge in [0, 0.05) is 35.1 Å². The quantitative estimate of drug-likeness (QED) is 0.246. The van der Waals surface area contributed by atoms with E-state index in [0.29, 0.717) is 35.2 Å². The van der Waals surface area contributed by atoms with E-state index in [4.69, 9.17) is 17.3 Å². The van der Waals surface area contributed by atoms with Crippen molar-refractivity contribution in [3.05, 3.63) is 88.4 Å². The van der Waals surface area contributed by atoms with E-state index in [1.807, 2.05) is 13.0 Å². The van der Waals surface area contributed by atoms with Crippen molar-refractivity contribution >= 4 is 44.8 Å². The Morgan fingerprint density at radius 3 is 2.47 bits per heavy atom. The van der Waals surface area contributed by atoms with Crippen LogP contribution >= 0.6 is 11.6 Å². The highest BCUT2D eigenvalue weighted by atomic mass is 35.5. The van der Waals surface area contributed by atoms with Gasteiger partial charge < -0.3 is 21.5 Å². The van der Waals surface area contributed by atoms with Gasteiger partial charge in [-0.05, 0) is 60.9 Å². The Hall–Kier alpha value is -4.15. The molecule has 0 aliphatic heterocycles. The first-order valence-electron chi connectivity index (χ1n) is 11.6. The molecule has 1 amide bonds. The van der Waals surface area contributed by atoms with E-state index in [2.05, 4.69) is 20.6 Å². The van der Waals surface area contributed by atoms with Crippen molar-refractivity contribution in [2.45, 2.75) is 18.2 Å². The number of phenols is 1. The van der Waals surface area contributed by atoms with E-state index in [1.54, 1.807) is 42.5 Å². The number of phenolic OH excluding ortho intramolecular Hbond substituents is 1. The molecule has 11 heteroatoms. The molecule has 5 N–H and O–H groups in total. The number of benzene rings is 3. The fourth-order valence-corrected chi connectivity index (χ4v) is 4.66. The maximum absolute atomic E-state index is 12.8. The van der Waals surface area contributed by atoms with Gasteiger partial charge in [0.15, 0.2) is 9.84 Å². The highest BCUT2D eigenvalue weighted by Crippen LogP contribution is 2.30. The second-order valence-corrected chi connectivity index (χ2v) is 11.1. The summed E-state index contributed by atoms with van der Waals surface area (Å²) in [6.45, 7) is 2.38. The molecule has 1 heterocycles. The summed E-state index contributed by atoms with van der Waals surface area (Å²) in [5.74, 6) is -0.0782. The summed E-state index contributed by atoms with van der Waals surface area (Å²) in [6.07, 6.45) is 1.82. The number of anilines is 3. The van der Waals surface area contributed by atoms with Crippen LogP contribution in [-0.4, -0.2) is 42.2 Å². The van der Waals surface area contributed by atoms with Crippen LogP contribution in [-0.2, 0) is 16.3 Å². The van der Waals surface area contributed by atoms with E-state index >= 15 is 0 Å². The minimum absolute atomic E-state index is 0.0856. The van der Waals surface area contributed by atoms with Crippen molar-refractivity contribution in [3.8, 4) is 17.0 Å². The van der Waals surface area contributed by atoms with Crippen molar-refractivity contribution in [3.63, 3.8) is 0 Å². The molecule has 0 bridgehead atoms. The summed E-state index contributed by atoms with van der Waals surface area (Å²) in [6, 6.07) is 18.2. The maximum atomic E-state index is 12.8. The van der Waals surface area contributed by atoms with Crippen LogP contribution in [0.3, 0.4) is 0 Å². The maximum Gasteiger partial charge on any atom is 0.259 e. The number of aromatic hydroxyl groups is 1. The third kappa shape index (κ3) is 6.39. The Morgan fingerprint density at radius 2 is 1.79 bits per heavy atom. The lowest BCUT2D eigenvalue weighted by atomic mass is 10.0. The van der Waals surface area contributed by atoms with Crippen molar-refractivity contribution < 1.29 is 18.3 Å². The number of nitrogen functional groups attached to an aromatic ring is 1. The van der Waals surface area contributed by atoms with Crippen LogP contribution in [0.1, 0.15) is 21.5 Å². The average molecular weight is 552 g/mol. The number of hydrogen-bond donors (Lipinski definition) is 4. The van der Waals surface area contributed by atoms with Gasteiger partial charge in [0.1, 0.15) is 11.6 Å². The summed E-state index contributed by atoms with van der Waals surface area (Å²) in [7, 11) is -3.24. The second-order valence-electron chi connectivity index (χ2n) is 8.68. The minimum atomic E-state index is -3.24. The molecular weight excluding hydrogens is 526 g/mol. The Morgan fingerprint density at radius 1 is 1.05 bits per heavy atom. The Labute approximate surface area is 225 Å². The van der Waals surface area contributed by atoms with Crippen molar-refractivity contribution in [2.24, 2.45) is 0 Å². The average Bonchev–Trinajstić information content (AvgIpc) is 2.84. The lowest BCUT2D eigenvalue weighted by Gasteiger charge is -2.14. The number of hydrogen-bond acceptors (Lipinski definition) is 8. The SMILES string of the molecule is Cc1c(NC(=O)c2ccc(Cl)cc2O)cccc1-c1cc(NCCc2ccc(S(C)(=O)=O)cc2)nc(N)n1. The molecule has 9 nitrogen and oxygen atoms in total. The van der Waals surface area contributed by atoms with Gasteiger partial charge >= 0.3 is 0 Å². The minimum Gasteiger partial charge on any atom is -0.507 e. The molecule has 196 valence electrons. The first kappa shape index (κ1) is 26.9. The Balaban J connectivity index is 1.49. The van der Waals surface area contributed by atoms with E-state index in [9.17, 15) is 18.3 Å². The number of aromatic nitrogens is 2. The Kier molecular flexibility index (Phi) is 7.84. The van der Waals surface area contributed by atoms with Crippen LogP contribution in [0, 0.1) is 6.92 Å². The molecular formula is C27H26ClN5O4S. The largest absolute Gasteiger partial charge is 0.507 e. The topological polar surface area (TPSA) is 147 Å². The summed E-state index contributed by atoms with van der Waals surface area (Å²) < 4.78 is 23.3. The van der Waals surface area contributed by atoms with Crippen LogP contribution in [0.4, 0.5) is 17.5 Å². The lowest BCUT2D eigenvalue weighted by molar-refractivity contribution is 0.102.